The Balaban J connectivity index is 1.29. The minimum absolute atomic E-state index is 0.00554. The minimum atomic E-state index is -1.86. The van der Waals surface area contributed by atoms with Crippen LogP contribution in [0.5, 0.6) is 5.75 Å². The number of benzene rings is 1. The molecule has 0 aromatic heterocycles. The zero-order valence-corrected chi connectivity index (χ0v) is 40.5. The Labute approximate surface area is 391 Å². The Morgan fingerprint density at radius 3 is 2.45 bits per heavy atom. The maximum atomic E-state index is 14.3. The van der Waals surface area contributed by atoms with Gasteiger partial charge in [-0.1, -0.05) is 70.8 Å². The number of nitrogens with one attached hydrogen (secondary N) is 1. The van der Waals surface area contributed by atoms with Crippen molar-refractivity contribution in [2.45, 2.75) is 133 Å². The third kappa shape index (κ3) is 12.6. The lowest BCUT2D eigenvalue weighted by atomic mass is 9.83. The molecule has 65 heavy (non-hydrogen) atoms. The summed E-state index contributed by atoms with van der Waals surface area (Å²) in [5.41, 5.74) is -1.10. The summed E-state index contributed by atoms with van der Waals surface area (Å²) in [6, 6.07) is 2.47. The van der Waals surface area contributed by atoms with Gasteiger partial charge >= 0.3 is 18.0 Å². The first-order chi connectivity index (χ1) is 30.6. The predicted octanol–water partition coefficient (Wildman–Crippen LogP) is 5.06. The molecule has 1 aromatic rings. The number of hydroxylamine groups is 2. The van der Waals surface area contributed by atoms with Crippen molar-refractivity contribution in [3.63, 3.8) is 0 Å². The zero-order valence-electron chi connectivity index (χ0n) is 38.1. The normalized spacial score (nSPS) is 29.3. The van der Waals surface area contributed by atoms with Crippen LogP contribution < -0.4 is 15.0 Å². The Morgan fingerprint density at radius 1 is 1.09 bits per heavy atom. The first-order valence-electron chi connectivity index (χ1n) is 21.3. The number of hydrogen-bond acceptors (Lipinski definition) is 16. The van der Waals surface area contributed by atoms with Crippen LogP contribution in [0.2, 0.25) is 5.02 Å². The highest BCUT2D eigenvalue weighted by Gasteiger charge is 2.64. The number of imide groups is 1. The molecule has 0 saturated carbocycles. The van der Waals surface area contributed by atoms with Gasteiger partial charge in [-0.3, -0.25) is 24.5 Å². The van der Waals surface area contributed by atoms with Crippen molar-refractivity contribution >= 4 is 80.5 Å². The SMILES string of the molecule is COc1cc2cc(c1Cl)N(C)C(=O)C[C@H](OC(=O)[C@@H](C)N(C)C(=O)CCSSC(C)CCC(=O)ON1C(=O)CCC1=O)[C@]1(C)O[C@H]1[C@H](C)C1CC(O)(NC(=O)O1)[C@H](OC)/C=C/C=C(\C)C2. The van der Waals surface area contributed by atoms with E-state index in [1.807, 2.05) is 19.9 Å². The number of amides is 5. The van der Waals surface area contributed by atoms with E-state index >= 15 is 0 Å². The molecule has 4 aliphatic rings. The monoisotopic (exact) mass is 966 g/mol. The fourth-order valence-electron chi connectivity index (χ4n) is 7.86. The summed E-state index contributed by atoms with van der Waals surface area (Å²) in [7, 11) is 8.79. The molecule has 0 aliphatic carbocycles. The van der Waals surface area contributed by atoms with Crippen LogP contribution in [0.1, 0.15) is 85.1 Å². The number of alkyl carbamates (subject to hydrolysis) is 1. The van der Waals surface area contributed by atoms with Crippen LogP contribution in [0, 0.1) is 5.92 Å². The molecule has 5 rings (SSSR count). The number of rotatable bonds is 14. The molecule has 2 N–H and O–H groups in total. The van der Waals surface area contributed by atoms with Crippen LogP contribution in [0.3, 0.4) is 0 Å². The molecule has 5 amide bonds. The number of aliphatic hydroxyl groups is 1. The summed E-state index contributed by atoms with van der Waals surface area (Å²) in [6.45, 7) is 8.79. The van der Waals surface area contributed by atoms with Crippen molar-refractivity contribution in [2.75, 3.05) is 39.0 Å². The van der Waals surface area contributed by atoms with Crippen molar-refractivity contribution in [3.8, 4) is 5.75 Å². The van der Waals surface area contributed by atoms with Gasteiger partial charge in [-0.2, -0.15) is 0 Å². The smallest absolute Gasteiger partial charge is 0.409 e. The first-order valence-corrected chi connectivity index (χ1v) is 24.1. The molecule has 18 nitrogen and oxygen atoms in total. The number of carbonyl (C=O) groups is 7. The van der Waals surface area contributed by atoms with E-state index in [1.54, 1.807) is 45.2 Å². The lowest BCUT2D eigenvalue weighted by molar-refractivity contribution is -0.197. The van der Waals surface area contributed by atoms with Crippen LogP contribution in [0.15, 0.2) is 35.9 Å². The molecular weight excluding hydrogens is 908 g/mol. The van der Waals surface area contributed by atoms with Gasteiger partial charge in [0.15, 0.2) is 5.72 Å². The van der Waals surface area contributed by atoms with Crippen LogP contribution in [-0.2, 0) is 59.0 Å². The predicted molar refractivity (Wildman–Crippen MR) is 241 cm³/mol. The van der Waals surface area contributed by atoms with Crippen molar-refractivity contribution in [1.29, 1.82) is 0 Å². The highest BCUT2D eigenvalue weighted by atomic mass is 35.5. The Kier molecular flexibility index (Phi) is 17.5. The summed E-state index contributed by atoms with van der Waals surface area (Å²) < 4.78 is 29.3. The number of likely N-dealkylation sites (N-methyl/N-ethyl adjacent to an activating group) is 1. The van der Waals surface area contributed by atoms with E-state index in [1.165, 1.54) is 59.6 Å². The van der Waals surface area contributed by atoms with Crippen molar-refractivity contribution < 1.29 is 67.2 Å². The van der Waals surface area contributed by atoms with E-state index < -0.39 is 83.5 Å². The van der Waals surface area contributed by atoms with Gasteiger partial charge in [0, 0.05) is 70.2 Å². The number of halogens is 1. The van der Waals surface area contributed by atoms with E-state index in [0.29, 0.717) is 35.1 Å². The van der Waals surface area contributed by atoms with Gasteiger partial charge in [0.05, 0.1) is 25.3 Å². The molecule has 358 valence electrons. The number of fused-ring (bicyclic) bond motifs is 5. The van der Waals surface area contributed by atoms with Gasteiger partial charge in [0.1, 0.15) is 40.7 Å². The fourth-order valence-corrected chi connectivity index (χ4v) is 10.5. The molecule has 0 spiro atoms. The Morgan fingerprint density at radius 2 is 1.78 bits per heavy atom. The number of methoxy groups -OCH3 is 2. The molecule has 4 aliphatic heterocycles. The average Bonchev–Trinajstić information content (AvgIpc) is 3.87. The quantitative estimate of drug-likeness (QED) is 0.0818. The number of hydrogen-bond donors (Lipinski definition) is 2. The van der Waals surface area contributed by atoms with E-state index in [9.17, 15) is 38.7 Å². The van der Waals surface area contributed by atoms with Crippen molar-refractivity contribution in [3.05, 3.63) is 46.5 Å². The van der Waals surface area contributed by atoms with Crippen LogP contribution in [-0.4, -0.2) is 138 Å². The number of ether oxygens (including phenoxy) is 5. The third-order valence-electron chi connectivity index (χ3n) is 12.1. The molecule has 9 atom stereocenters. The second-order valence-corrected chi connectivity index (χ2v) is 20.3. The standard InChI is InChI=1S/C44H59ClN4O14S2/c1-24-11-10-12-32(59-9)44(57)23-31(60-42(56)46-44)26(3)40-43(5,62-40)33(22-37(53)48(7)29-20-28(19-24)21-30(58-8)39(29)45)61-41(55)27(4)47(6)34(50)17-18-64-65-25(2)13-16-38(54)63-49-35(51)14-15-36(49)52/h10-12,20-21,25-27,31-33,40,57H,13-19,22-23H2,1-9H3,(H,46,56)/b12-10+,24-11+/t25?,26-,27-,31?,32-,33+,40+,43+,44?/m1/s1. The summed E-state index contributed by atoms with van der Waals surface area (Å²) >= 11 is 6.79. The van der Waals surface area contributed by atoms with Gasteiger partial charge in [0.2, 0.25) is 11.8 Å². The number of nitrogens with zero attached hydrogens (tertiary/aromatic N) is 3. The van der Waals surface area contributed by atoms with E-state index in [-0.39, 0.29) is 54.7 Å². The zero-order chi connectivity index (χ0) is 48.0. The Bertz CT molecular complexity index is 2060. The van der Waals surface area contributed by atoms with E-state index in [4.69, 9.17) is 40.1 Å². The van der Waals surface area contributed by atoms with Crippen LogP contribution >= 0.6 is 33.2 Å². The molecule has 3 saturated heterocycles. The molecule has 3 unspecified atom stereocenters. The van der Waals surface area contributed by atoms with E-state index in [0.717, 1.165) is 11.1 Å². The summed E-state index contributed by atoms with van der Waals surface area (Å²) in [5.74, 6) is -3.22. The van der Waals surface area contributed by atoms with Crippen LogP contribution in [0.25, 0.3) is 0 Å². The number of allylic oxidation sites excluding steroid dienone is 3. The average molecular weight is 968 g/mol. The van der Waals surface area contributed by atoms with Crippen molar-refractivity contribution in [1.82, 2.24) is 15.3 Å². The molecule has 3 fully saturated rings. The van der Waals surface area contributed by atoms with Gasteiger partial charge < -0.3 is 43.4 Å². The fraction of sp³-hybridized carbons (Fsp3) is 0.614. The van der Waals surface area contributed by atoms with E-state index in [2.05, 4.69) is 5.32 Å². The van der Waals surface area contributed by atoms with Gasteiger partial charge in [0.25, 0.3) is 11.8 Å². The molecule has 1 aromatic carbocycles. The lowest BCUT2D eigenvalue weighted by Crippen LogP contribution is -2.63. The molecule has 0 radical (unpaired) electrons. The lowest BCUT2D eigenvalue weighted by Gasteiger charge is -2.42. The second-order valence-electron chi connectivity index (χ2n) is 17.0. The maximum Gasteiger partial charge on any atom is 0.409 e. The molecule has 21 heteroatoms. The molecular formula is C44H59ClN4O14S2. The number of epoxide rings is 1. The number of anilines is 1. The molecule has 4 bridgehead atoms. The Hall–Kier alpha value is -4.34. The topological polar surface area (TPSA) is 220 Å². The highest BCUT2D eigenvalue weighted by molar-refractivity contribution is 8.76. The van der Waals surface area contributed by atoms with Gasteiger partial charge in [-0.05, 0) is 51.3 Å². The van der Waals surface area contributed by atoms with Crippen LogP contribution in [0.4, 0.5) is 10.5 Å². The third-order valence-corrected chi connectivity index (χ3v) is 15.5. The number of carbonyl (C=O) groups excluding carboxylic acids is 7. The second kappa shape index (κ2) is 22.0. The minimum Gasteiger partial charge on any atom is -0.495 e. The molecule has 4 heterocycles. The largest absolute Gasteiger partial charge is 0.495 e. The highest BCUT2D eigenvalue weighted by Crippen LogP contribution is 2.49. The van der Waals surface area contributed by atoms with Gasteiger partial charge in [-0.25, -0.2) is 14.4 Å². The van der Waals surface area contributed by atoms with Gasteiger partial charge in [-0.15, -0.1) is 5.06 Å². The summed E-state index contributed by atoms with van der Waals surface area (Å²) in [5, 5.41) is 15.0. The first kappa shape index (κ1) is 51.6. The van der Waals surface area contributed by atoms with Crippen molar-refractivity contribution in [2.24, 2.45) is 5.92 Å². The summed E-state index contributed by atoms with van der Waals surface area (Å²) in [4.78, 5) is 97.7. The summed E-state index contributed by atoms with van der Waals surface area (Å²) in [6.07, 6.45) is 1.05. The number of esters is 1. The maximum absolute atomic E-state index is 14.3.